The lowest BCUT2D eigenvalue weighted by Crippen LogP contribution is -2.50. The van der Waals surface area contributed by atoms with Crippen molar-refractivity contribution < 1.29 is 9.18 Å². The van der Waals surface area contributed by atoms with Crippen LogP contribution < -0.4 is 5.73 Å². The molecule has 0 saturated carbocycles. The highest BCUT2D eigenvalue weighted by atomic mass is 32.2. The number of amides is 1. The summed E-state index contributed by atoms with van der Waals surface area (Å²) in [6.07, 6.45) is 3.40. The molecule has 0 spiro atoms. The predicted molar refractivity (Wildman–Crippen MR) is 89.3 cm³/mol. The van der Waals surface area contributed by atoms with Crippen LogP contribution in [0.25, 0.3) is 0 Å². The van der Waals surface area contributed by atoms with Crippen LogP contribution >= 0.6 is 24.0 Å². The first-order chi connectivity index (χ1) is 9.89. The van der Waals surface area contributed by atoms with Crippen molar-refractivity contribution in [2.24, 2.45) is 5.73 Å². The van der Waals surface area contributed by atoms with Crippen molar-refractivity contribution in [3.8, 4) is 0 Å². The third-order valence-corrected chi connectivity index (χ3v) is 5.98. The first kappa shape index (κ1) is 16.2. The number of thioether (sulfide) groups is 1. The molecule has 1 saturated heterocycles. The Kier molecular flexibility index (Phi) is 4.88. The van der Waals surface area contributed by atoms with E-state index in [4.69, 9.17) is 18.0 Å². The number of hydrogen-bond donors (Lipinski definition) is 1. The van der Waals surface area contributed by atoms with E-state index < -0.39 is 5.82 Å². The number of rotatable bonds is 3. The molecule has 114 valence electrons. The Balaban J connectivity index is 2.12. The number of aryl methyl sites for hydroxylation is 1. The Morgan fingerprint density at radius 3 is 2.52 bits per heavy atom. The number of hydrogen-bond acceptors (Lipinski definition) is 3. The zero-order chi connectivity index (χ0) is 15.6. The van der Waals surface area contributed by atoms with Gasteiger partial charge >= 0.3 is 0 Å². The first-order valence-electron chi connectivity index (χ1n) is 6.80. The highest BCUT2D eigenvalue weighted by Crippen LogP contribution is 2.35. The van der Waals surface area contributed by atoms with E-state index in [1.807, 2.05) is 6.26 Å². The maximum Gasteiger partial charge on any atom is 0.256 e. The van der Waals surface area contributed by atoms with Crippen molar-refractivity contribution in [3.63, 3.8) is 0 Å². The predicted octanol–water partition coefficient (Wildman–Crippen LogP) is 2.76. The molecule has 21 heavy (non-hydrogen) atoms. The zero-order valence-electron chi connectivity index (χ0n) is 12.2. The Labute approximate surface area is 134 Å². The van der Waals surface area contributed by atoms with Crippen molar-refractivity contribution in [2.75, 3.05) is 19.3 Å². The van der Waals surface area contributed by atoms with Gasteiger partial charge in [0.1, 0.15) is 5.82 Å². The summed E-state index contributed by atoms with van der Waals surface area (Å²) in [4.78, 5) is 14.6. The average Bonchev–Trinajstić information content (AvgIpc) is 2.46. The van der Waals surface area contributed by atoms with Gasteiger partial charge in [0.25, 0.3) is 5.91 Å². The number of piperidine rings is 1. The van der Waals surface area contributed by atoms with Gasteiger partial charge in [0, 0.05) is 13.1 Å². The Hall–Kier alpha value is -1.14. The molecule has 3 nitrogen and oxygen atoms in total. The lowest BCUT2D eigenvalue weighted by Gasteiger charge is -2.40. The summed E-state index contributed by atoms with van der Waals surface area (Å²) in [6.45, 7) is 2.89. The van der Waals surface area contributed by atoms with Crippen molar-refractivity contribution in [2.45, 2.75) is 24.5 Å². The monoisotopic (exact) mass is 326 g/mol. The molecule has 0 aliphatic carbocycles. The van der Waals surface area contributed by atoms with E-state index in [0.717, 1.165) is 5.56 Å². The third-order valence-electron chi connectivity index (χ3n) is 4.05. The number of carbonyl (C=O) groups excluding carboxylic acids is 1. The summed E-state index contributed by atoms with van der Waals surface area (Å²) in [7, 11) is 0. The van der Waals surface area contributed by atoms with Crippen LogP contribution in [-0.2, 0) is 0 Å². The van der Waals surface area contributed by atoms with Gasteiger partial charge < -0.3 is 10.6 Å². The quantitative estimate of drug-likeness (QED) is 0.868. The molecule has 1 aromatic carbocycles. The highest BCUT2D eigenvalue weighted by molar-refractivity contribution is 8.02. The number of carbonyl (C=O) groups is 1. The van der Waals surface area contributed by atoms with Gasteiger partial charge in [-0.15, -0.1) is 0 Å². The maximum atomic E-state index is 13.9. The van der Waals surface area contributed by atoms with Gasteiger partial charge in [0.05, 0.1) is 15.3 Å². The zero-order valence-corrected chi connectivity index (χ0v) is 13.8. The molecule has 2 N–H and O–H groups in total. The molecule has 1 fully saturated rings. The average molecular weight is 326 g/mol. The molecule has 1 aliphatic heterocycles. The standard InChI is InChI=1S/C15H19FN2OS2/c1-10-3-4-11(12(16)9-10)13(19)18-7-5-15(21-2,6-8-18)14(17)20/h3-4,9H,5-8H2,1-2H3,(H2,17,20). The van der Waals surface area contributed by atoms with Crippen LogP contribution in [0.4, 0.5) is 4.39 Å². The van der Waals surface area contributed by atoms with Crippen LogP contribution in [0.15, 0.2) is 18.2 Å². The highest BCUT2D eigenvalue weighted by Gasteiger charge is 2.38. The number of benzene rings is 1. The second-order valence-electron chi connectivity index (χ2n) is 5.34. The first-order valence-corrected chi connectivity index (χ1v) is 8.43. The maximum absolute atomic E-state index is 13.9. The fourth-order valence-electron chi connectivity index (χ4n) is 2.59. The molecule has 1 aliphatic rings. The summed E-state index contributed by atoms with van der Waals surface area (Å²) >= 11 is 6.79. The van der Waals surface area contributed by atoms with Crippen LogP contribution in [0, 0.1) is 12.7 Å². The Bertz CT molecular complexity index is 569. The molecule has 1 heterocycles. The van der Waals surface area contributed by atoms with Gasteiger partial charge in [0.15, 0.2) is 0 Å². The van der Waals surface area contributed by atoms with Gasteiger partial charge in [-0.25, -0.2) is 4.39 Å². The lowest BCUT2D eigenvalue weighted by atomic mass is 9.95. The molecule has 0 radical (unpaired) electrons. The number of halogens is 1. The van der Waals surface area contributed by atoms with E-state index in [1.165, 1.54) is 6.07 Å². The lowest BCUT2D eigenvalue weighted by molar-refractivity contribution is 0.0714. The minimum absolute atomic E-state index is 0.132. The molecular formula is C15H19FN2OS2. The van der Waals surface area contributed by atoms with E-state index >= 15 is 0 Å². The van der Waals surface area contributed by atoms with Crippen LogP contribution in [0.2, 0.25) is 0 Å². The summed E-state index contributed by atoms with van der Waals surface area (Å²) < 4.78 is 13.7. The number of nitrogens with zero attached hydrogens (tertiary/aromatic N) is 1. The molecule has 0 atom stereocenters. The SMILES string of the molecule is CSC1(C(N)=S)CCN(C(=O)c2ccc(C)cc2F)CC1. The smallest absolute Gasteiger partial charge is 0.256 e. The van der Waals surface area contributed by atoms with Gasteiger partial charge in [-0.2, -0.15) is 11.8 Å². The van der Waals surface area contributed by atoms with Crippen molar-refractivity contribution in [3.05, 3.63) is 35.1 Å². The molecule has 1 amide bonds. The normalized spacial score (nSPS) is 17.6. The molecule has 6 heteroatoms. The second-order valence-corrected chi connectivity index (χ2v) is 6.97. The van der Waals surface area contributed by atoms with E-state index in [1.54, 1.807) is 35.7 Å². The third kappa shape index (κ3) is 3.21. The van der Waals surface area contributed by atoms with E-state index in [9.17, 15) is 9.18 Å². The summed E-state index contributed by atoms with van der Waals surface area (Å²) in [6, 6.07) is 4.69. The largest absolute Gasteiger partial charge is 0.392 e. The summed E-state index contributed by atoms with van der Waals surface area (Å²) in [5.41, 5.74) is 6.77. The van der Waals surface area contributed by atoms with Gasteiger partial charge in [0.2, 0.25) is 0 Å². The summed E-state index contributed by atoms with van der Waals surface area (Å²) in [5.74, 6) is -0.721. The molecule has 0 aromatic heterocycles. The van der Waals surface area contributed by atoms with Crippen molar-refractivity contribution in [1.29, 1.82) is 0 Å². The van der Waals surface area contributed by atoms with Gasteiger partial charge in [-0.05, 0) is 43.7 Å². The molecule has 0 bridgehead atoms. The van der Waals surface area contributed by atoms with E-state index in [2.05, 4.69) is 0 Å². The molecule has 0 unspecified atom stereocenters. The fourth-order valence-corrected chi connectivity index (χ4v) is 3.83. The topological polar surface area (TPSA) is 46.3 Å². The van der Waals surface area contributed by atoms with E-state index in [-0.39, 0.29) is 16.2 Å². The van der Waals surface area contributed by atoms with Crippen molar-refractivity contribution >= 4 is 34.9 Å². The minimum atomic E-state index is -0.462. The Morgan fingerprint density at radius 1 is 1.43 bits per heavy atom. The molecular weight excluding hydrogens is 307 g/mol. The number of thiocarbonyl (C=S) groups is 1. The van der Waals surface area contributed by atoms with Gasteiger partial charge in [-0.1, -0.05) is 18.3 Å². The number of likely N-dealkylation sites (tertiary alicyclic amines) is 1. The Morgan fingerprint density at radius 2 is 2.05 bits per heavy atom. The van der Waals surface area contributed by atoms with Crippen LogP contribution in [-0.4, -0.2) is 39.9 Å². The minimum Gasteiger partial charge on any atom is -0.392 e. The van der Waals surface area contributed by atoms with E-state index in [0.29, 0.717) is 30.9 Å². The second kappa shape index (κ2) is 6.32. The van der Waals surface area contributed by atoms with Gasteiger partial charge in [-0.3, -0.25) is 4.79 Å². The number of nitrogens with two attached hydrogens (primary N) is 1. The van der Waals surface area contributed by atoms with Crippen molar-refractivity contribution in [1.82, 2.24) is 4.90 Å². The van der Waals surface area contributed by atoms with Crippen LogP contribution in [0.1, 0.15) is 28.8 Å². The fraction of sp³-hybridized carbons (Fsp3) is 0.467. The molecule has 1 aromatic rings. The van der Waals surface area contributed by atoms with Crippen LogP contribution in [0.5, 0.6) is 0 Å². The summed E-state index contributed by atoms with van der Waals surface area (Å²) in [5, 5.41) is 0. The van der Waals surface area contributed by atoms with Crippen LogP contribution in [0.3, 0.4) is 0 Å². The molecule has 2 rings (SSSR count).